The number of carbonyl (C=O) groups is 1. The van der Waals surface area contributed by atoms with Crippen molar-refractivity contribution in [1.82, 2.24) is 9.88 Å². The molecule has 18 heavy (non-hydrogen) atoms. The summed E-state index contributed by atoms with van der Waals surface area (Å²) in [6, 6.07) is 3.55. The van der Waals surface area contributed by atoms with E-state index in [0.717, 1.165) is 18.8 Å². The number of pyridine rings is 1. The van der Waals surface area contributed by atoms with Crippen LogP contribution in [0.2, 0.25) is 0 Å². The molecule has 1 aromatic heterocycles. The van der Waals surface area contributed by atoms with Gasteiger partial charge in [-0.2, -0.15) is 0 Å². The lowest BCUT2D eigenvalue weighted by Crippen LogP contribution is -2.39. The molecule has 4 heteroatoms. The smallest absolute Gasteiger partial charge is 0.321 e. The summed E-state index contributed by atoms with van der Waals surface area (Å²) in [4.78, 5) is 18.0. The van der Waals surface area contributed by atoms with Crippen LogP contribution in [0, 0.1) is 11.8 Å². The molecule has 4 nitrogen and oxygen atoms in total. The lowest BCUT2D eigenvalue weighted by molar-refractivity contribution is 0.196. The molecule has 0 spiro atoms. The lowest BCUT2D eigenvalue weighted by atomic mass is 10.1. The molecular weight excluding hydrogens is 226 g/mol. The summed E-state index contributed by atoms with van der Waals surface area (Å²) in [5, 5.41) is 2.90. The van der Waals surface area contributed by atoms with E-state index in [4.69, 9.17) is 0 Å². The molecule has 1 rings (SSSR count). The fraction of sp³-hybridized carbons (Fsp3) is 0.571. The van der Waals surface area contributed by atoms with Crippen LogP contribution in [-0.2, 0) is 0 Å². The molecule has 1 aromatic rings. The maximum absolute atomic E-state index is 12.2. The van der Waals surface area contributed by atoms with Crippen LogP contribution in [0.3, 0.4) is 0 Å². The monoisotopic (exact) mass is 249 g/mol. The highest BCUT2D eigenvalue weighted by molar-refractivity contribution is 5.89. The van der Waals surface area contributed by atoms with Crippen molar-refractivity contribution in [1.29, 1.82) is 0 Å². The van der Waals surface area contributed by atoms with Crippen molar-refractivity contribution >= 4 is 11.7 Å². The van der Waals surface area contributed by atoms with Gasteiger partial charge in [0.25, 0.3) is 0 Å². The fourth-order valence-corrected chi connectivity index (χ4v) is 1.76. The molecule has 0 aliphatic heterocycles. The Morgan fingerprint density at radius 3 is 2.11 bits per heavy atom. The van der Waals surface area contributed by atoms with E-state index in [9.17, 15) is 4.79 Å². The summed E-state index contributed by atoms with van der Waals surface area (Å²) in [5.41, 5.74) is 0.785. The van der Waals surface area contributed by atoms with Crippen LogP contribution in [0.25, 0.3) is 0 Å². The normalized spacial score (nSPS) is 10.8. The summed E-state index contributed by atoms with van der Waals surface area (Å²) < 4.78 is 0. The van der Waals surface area contributed by atoms with Gasteiger partial charge in [0.15, 0.2) is 0 Å². The van der Waals surface area contributed by atoms with E-state index in [1.807, 2.05) is 4.90 Å². The molecule has 2 amide bonds. The Balaban J connectivity index is 2.64. The van der Waals surface area contributed by atoms with Gasteiger partial charge < -0.3 is 10.2 Å². The van der Waals surface area contributed by atoms with Crippen LogP contribution >= 0.6 is 0 Å². The van der Waals surface area contributed by atoms with Gasteiger partial charge >= 0.3 is 6.03 Å². The van der Waals surface area contributed by atoms with E-state index in [0.29, 0.717) is 11.8 Å². The van der Waals surface area contributed by atoms with Crippen LogP contribution in [0.5, 0.6) is 0 Å². The maximum Gasteiger partial charge on any atom is 0.321 e. The van der Waals surface area contributed by atoms with Gasteiger partial charge in [-0.25, -0.2) is 4.79 Å². The van der Waals surface area contributed by atoms with Crippen molar-refractivity contribution in [2.45, 2.75) is 27.7 Å². The Hall–Kier alpha value is -1.58. The predicted octanol–water partition coefficient (Wildman–Crippen LogP) is 3.23. The predicted molar refractivity (Wildman–Crippen MR) is 74.5 cm³/mol. The minimum Gasteiger partial charge on any atom is -0.324 e. The van der Waals surface area contributed by atoms with Crippen molar-refractivity contribution < 1.29 is 4.79 Å². The van der Waals surface area contributed by atoms with Crippen molar-refractivity contribution in [3.63, 3.8) is 0 Å². The number of urea groups is 1. The third-order valence-electron chi connectivity index (χ3n) is 2.39. The van der Waals surface area contributed by atoms with Crippen LogP contribution in [0.15, 0.2) is 24.5 Å². The zero-order valence-electron chi connectivity index (χ0n) is 11.7. The minimum atomic E-state index is -0.0383. The SMILES string of the molecule is CC(C)CN(CC(C)C)C(=O)Nc1ccncc1. The molecule has 0 aliphatic rings. The Labute approximate surface area is 109 Å². The van der Waals surface area contributed by atoms with E-state index in [2.05, 4.69) is 38.0 Å². The highest BCUT2D eigenvalue weighted by atomic mass is 16.2. The topological polar surface area (TPSA) is 45.2 Å². The molecule has 0 aliphatic carbocycles. The minimum absolute atomic E-state index is 0.0383. The number of hydrogen-bond acceptors (Lipinski definition) is 2. The Bertz CT molecular complexity index is 353. The molecule has 100 valence electrons. The number of rotatable bonds is 5. The molecule has 0 unspecified atom stereocenters. The molecule has 1 N–H and O–H groups in total. The molecule has 0 saturated heterocycles. The van der Waals surface area contributed by atoms with Gasteiger partial charge in [-0.3, -0.25) is 4.98 Å². The van der Waals surface area contributed by atoms with E-state index in [-0.39, 0.29) is 6.03 Å². The number of nitrogens with one attached hydrogen (secondary N) is 1. The molecule has 0 atom stereocenters. The molecule has 0 fully saturated rings. The quantitative estimate of drug-likeness (QED) is 0.870. The van der Waals surface area contributed by atoms with Gasteiger partial charge in [-0.1, -0.05) is 27.7 Å². The highest BCUT2D eigenvalue weighted by Crippen LogP contribution is 2.09. The van der Waals surface area contributed by atoms with E-state index >= 15 is 0 Å². The summed E-state index contributed by atoms with van der Waals surface area (Å²) in [6.07, 6.45) is 3.34. The van der Waals surface area contributed by atoms with Gasteiger partial charge in [0, 0.05) is 31.2 Å². The van der Waals surface area contributed by atoms with Crippen LogP contribution in [-0.4, -0.2) is 29.0 Å². The first-order valence-electron chi connectivity index (χ1n) is 6.45. The number of amides is 2. The molecule has 0 saturated carbocycles. The largest absolute Gasteiger partial charge is 0.324 e. The third-order valence-corrected chi connectivity index (χ3v) is 2.39. The summed E-state index contributed by atoms with van der Waals surface area (Å²) in [5.74, 6) is 0.930. The number of aromatic nitrogens is 1. The molecule has 1 heterocycles. The first kappa shape index (κ1) is 14.5. The number of carbonyl (C=O) groups excluding carboxylic acids is 1. The lowest BCUT2D eigenvalue weighted by Gasteiger charge is -2.26. The van der Waals surface area contributed by atoms with E-state index in [1.165, 1.54) is 0 Å². The molecule has 0 bridgehead atoms. The van der Waals surface area contributed by atoms with Gasteiger partial charge in [-0.05, 0) is 24.0 Å². The highest BCUT2D eigenvalue weighted by Gasteiger charge is 2.16. The number of hydrogen-bond donors (Lipinski definition) is 1. The summed E-state index contributed by atoms with van der Waals surface area (Å²) in [6.45, 7) is 10.0. The number of anilines is 1. The summed E-state index contributed by atoms with van der Waals surface area (Å²) in [7, 11) is 0. The number of nitrogens with zero attached hydrogens (tertiary/aromatic N) is 2. The van der Waals surface area contributed by atoms with Crippen LogP contribution < -0.4 is 5.32 Å². The Morgan fingerprint density at radius 1 is 1.17 bits per heavy atom. The van der Waals surface area contributed by atoms with Gasteiger partial charge in [0.2, 0.25) is 0 Å². The van der Waals surface area contributed by atoms with Crippen molar-refractivity contribution in [3.05, 3.63) is 24.5 Å². The second kappa shape index (κ2) is 6.99. The second-order valence-corrected chi connectivity index (χ2v) is 5.36. The van der Waals surface area contributed by atoms with Gasteiger partial charge in [-0.15, -0.1) is 0 Å². The average Bonchev–Trinajstić information content (AvgIpc) is 2.28. The first-order chi connectivity index (χ1) is 8.49. The molecule has 0 radical (unpaired) electrons. The standard InChI is InChI=1S/C14H23N3O/c1-11(2)9-17(10-12(3)4)14(18)16-13-5-7-15-8-6-13/h5-8,11-12H,9-10H2,1-4H3,(H,15,16,18). The Morgan fingerprint density at radius 2 is 1.67 bits per heavy atom. The fourth-order valence-electron chi connectivity index (χ4n) is 1.76. The Kier molecular flexibility index (Phi) is 5.62. The molecular formula is C14H23N3O. The van der Waals surface area contributed by atoms with Crippen molar-refractivity contribution in [2.75, 3.05) is 18.4 Å². The third kappa shape index (κ3) is 5.17. The van der Waals surface area contributed by atoms with Gasteiger partial charge in [0.05, 0.1) is 0 Å². The van der Waals surface area contributed by atoms with Crippen molar-refractivity contribution in [2.24, 2.45) is 11.8 Å². The van der Waals surface area contributed by atoms with E-state index in [1.54, 1.807) is 24.5 Å². The maximum atomic E-state index is 12.2. The average molecular weight is 249 g/mol. The zero-order valence-corrected chi connectivity index (χ0v) is 11.7. The van der Waals surface area contributed by atoms with Gasteiger partial charge in [0.1, 0.15) is 0 Å². The van der Waals surface area contributed by atoms with Crippen LogP contribution in [0.1, 0.15) is 27.7 Å². The zero-order chi connectivity index (χ0) is 13.5. The molecule has 0 aromatic carbocycles. The second-order valence-electron chi connectivity index (χ2n) is 5.36. The van der Waals surface area contributed by atoms with Crippen molar-refractivity contribution in [3.8, 4) is 0 Å². The van der Waals surface area contributed by atoms with E-state index < -0.39 is 0 Å². The first-order valence-corrected chi connectivity index (χ1v) is 6.45. The van der Waals surface area contributed by atoms with Crippen LogP contribution in [0.4, 0.5) is 10.5 Å². The summed E-state index contributed by atoms with van der Waals surface area (Å²) >= 11 is 0.